The van der Waals surface area contributed by atoms with Gasteiger partial charge < -0.3 is 9.47 Å². The van der Waals surface area contributed by atoms with E-state index in [1.54, 1.807) is 25.6 Å². The zero-order chi connectivity index (χ0) is 15.9. The fourth-order valence-corrected chi connectivity index (χ4v) is 1.95. The molecule has 0 aliphatic rings. The summed E-state index contributed by atoms with van der Waals surface area (Å²) in [6.45, 7) is 4.09. The molecule has 0 radical (unpaired) electrons. The first-order chi connectivity index (χ1) is 10.6. The quantitative estimate of drug-likeness (QED) is 0.727. The van der Waals surface area contributed by atoms with Gasteiger partial charge in [-0.1, -0.05) is 18.5 Å². The van der Waals surface area contributed by atoms with Crippen LogP contribution in [0.4, 0.5) is 5.69 Å². The summed E-state index contributed by atoms with van der Waals surface area (Å²) < 4.78 is 10.7. The highest BCUT2D eigenvalue weighted by Crippen LogP contribution is 2.26. The average Bonchev–Trinajstić information content (AvgIpc) is 2.55. The zero-order valence-corrected chi connectivity index (χ0v) is 13.7. The Labute approximate surface area is 135 Å². The SMILES string of the molecule is CC[C@@H](C)Oc1ccc(C=Nc2ccc(OC)nc2)cc1Cl. The van der Waals surface area contributed by atoms with Crippen molar-refractivity contribution in [3.63, 3.8) is 0 Å². The molecule has 1 heterocycles. The number of benzene rings is 1. The van der Waals surface area contributed by atoms with Gasteiger partial charge >= 0.3 is 0 Å². The standard InChI is InChI=1S/C17H19ClN2O2/c1-4-12(2)22-16-7-5-13(9-15(16)18)10-19-14-6-8-17(21-3)20-11-14/h5-12H,4H2,1-3H3/t12-/m1/s1. The molecule has 2 rings (SSSR count). The molecule has 0 spiro atoms. The van der Waals surface area contributed by atoms with Gasteiger partial charge in [-0.15, -0.1) is 0 Å². The first-order valence-electron chi connectivity index (χ1n) is 7.12. The van der Waals surface area contributed by atoms with Gasteiger partial charge in [0.05, 0.1) is 30.1 Å². The van der Waals surface area contributed by atoms with Crippen LogP contribution >= 0.6 is 11.6 Å². The van der Waals surface area contributed by atoms with Crippen molar-refractivity contribution in [3.05, 3.63) is 47.1 Å². The Morgan fingerprint density at radius 2 is 2.14 bits per heavy atom. The molecular formula is C17H19ClN2O2. The molecule has 0 saturated heterocycles. The average molecular weight is 319 g/mol. The zero-order valence-electron chi connectivity index (χ0n) is 12.9. The van der Waals surface area contributed by atoms with Crippen LogP contribution in [0.3, 0.4) is 0 Å². The summed E-state index contributed by atoms with van der Waals surface area (Å²) in [5.74, 6) is 1.26. The number of methoxy groups -OCH3 is 1. The van der Waals surface area contributed by atoms with Gasteiger partial charge in [0.1, 0.15) is 5.75 Å². The number of ether oxygens (including phenoxy) is 2. The van der Waals surface area contributed by atoms with E-state index in [0.29, 0.717) is 16.7 Å². The highest BCUT2D eigenvalue weighted by Gasteiger charge is 2.06. The van der Waals surface area contributed by atoms with Crippen LogP contribution in [0.2, 0.25) is 5.02 Å². The number of halogens is 1. The maximum Gasteiger partial charge on any atom is 0.213 e. The fraction of sp³-hybridized carbons (Fsp3) is 0.294. The van der Waals surface area contributed by atoms with Crippen molar-refractivity contribution in [3.8, 4) is 11.6 Å². The van der Waals surface area contributed by atoms with Gasteiger partial charge in [-0.3, -0.25) is 4.99 Å². The molecule has 0 saturated carbocycles. The monoisotopic (exact) mass is 318 g/mol. The lowest BCUT2D eigenvalue weighted by atomic mass is 10.2. The van der Waals surface area contributed by atoms with Crippen molar-refractivity contribution >= 4 is 23.5 Å². The Kier molecular flexibility index (Phi) is 5.78. The number of rotatable bonds is 6. The van der Waals surface area contributed by atoms with Gasteiger partial charge in [0.2, 0.25) is 5.88 Å². The highest BCUT2D eigenvalue weighted by molar-refractivity contribution is 6.32. The minimum Gasteiger partial charge on any atom is -0.489 e. The predicted molar refractivity (Wildman–Crippen MR) is 89.9 cm³/mol. The van der Waals surface area contributed by atoms with E-state index in [2.05, 4.69) is 16.9 Å². The minimum atomic E-state index is 0.141. The Morgan fingerprint density at radius 1 is 1.32 bits per heavy atom. The minimum absolute atomic E-state index is 0.141. The molecule has 0 amide bonds. The Hall–Kier alpha value is -2.07. The molecule has 0 N–H and O–H groups in total. The van der Waals surface area contributed by atoms with Crippen LogP contribution in [0.15, 0.2) is 41.5 Å². The van der Waals surface area contributed by atoms with E-state index in [0.717, 1.165) is 17.7 Å². The Bertz CT molecular complexity index is 642. The lowest BCUT2D eigenvalue weighted by Crippen LogP contribution is -2.09. The molecule has 0 fully saturated rings. The first-order valence-corrected chi connectivity index (χ1v) is 7.50. The summed E-state index contributed by atoms with van der Waals surface area (Å²) >= 11 is 6.24. The molecule has 5 heteroatoms. The second kappa shape index (κ2) is 7.80. The molecule has 22 heavy (non-hydrogen) atoms. The van der Waals surface area contributed by atoms with E-state index in [-0.39, 0.29) is 6.10 Å². The van der Waals surface area contributed by atoms with Crippen LogP contribution in [0, 0.1) is 0 Å². The summed E-state index contributed by atoms with van der Waals surface area (Å²) in [5.41, 5.74) is 1.65. The molecule has 116 valence electrons. The maximum atomic E-state index is 6.24. The molecule has 1 aromatic heterocycles. The van der Waals surface area contributed by atoms with Crippen molar-refractivity contribution in [2.45, 2.75) is 26.4 Å². The van der Waals surface area contributed by atoms with Crippen molar-refractivity contribution in [1.82, 2.24) is 4.98 Å². The van der Waals surface area contributed by atoms with Gasteiger partial charge in [-0.05, 0) is 43.2 Å². The largest absolute Gasteiger partial charge is 0.489 e. The lowest BCUT2D eigenvalue weighted by molar-refractivity contribution is 0.217. The van der Waals surface area contributed by atoms with Crippen LogP contribution < -0.4 is 9.47 Å². The molecule has 0 aliphatic carbocycles. The molecular weight excluding hydrogens is 300 g/mol. The smallest absolute Gasteiger partial charge is 0.213 e. The molecule has 4 nitrogen and oxygen atoms in total. The summed E-state index contributed by atoms with van der Waals surface area (Å²) in [4.78, 5) is 8.46. The van der Waals surface area contributed by atoms with Crippen LogP contribution in [0.1, 0.15) is 25.8 Å². The van der Waals surface area contributed by atoms with Crippen LogP contribution in [-0.4, -0.2) is 24.4 Å². The molecule has 0 unspecified atom stereocenters. The highest BCUT2D eigenvalue weighted by atomic mass is 35.5. The van der Waals surface area contributed by atoms with E-state index in [9.17, 15) is 0 Å². The van der Waals surface area contributed by atoms with Gasteiger partial charge in [0.15, 0.2) is 0 Å². The fourth-order valence-electron chi connectivity index (χ4n) is 1.71. The topological polar surface area (TPSA) is 43.7 Å². The van der Waals surface area contributed by atoms with Crippen LogP contribution in [-0.2, 0) is 0 Å². The van der Waals surface area contributed by atoms with E-state index in [1.807, 2.05) is 31.2 Å². The van der Waals surface area contributed by atoms with E-state index in [4.69, 9.17) is 21.1 Å². The first kappa shape index (κ1) is 16.3. The molecule has 1 atom stereocenters. The number of nitrogens with zero attached hydrogens (tertiary/aromatic N) is 2. The summed E-state index contributed by atoms with van der Waals surface area (Å²) in [5, 5.41) is 0.581. The second-order valence-electron chi connectivity index (χ2n) is 4.84. The number of aliphatic imine (C=N–C) groups is 1. The van der Waals surface area contributed by atoms with Crippen molar-refractivity contribution in [2.24, 2.45) is 4.99 Å². The van der Waals surface area contributed by atoms with E-state index in [1.165, 1.54) is 0 Å². The number of pyridine rings is 1. The third-order valence-electron chi connectivity index (χ3n) is 3.15. The normalized spacial score (nSPS) is 12.4. The van der Waals surface area contributed by atoms with Gasteiger partial charge in [0, 0.05) is 12.3 Å². The van der Waals surface area contributed by atoms with Gasteiger partial charge in [0.25, 0.3) is 0 Å². The summed E-state index contributed by atoms with van der Waals surface area (Å²) in [6.07, 6.45) is 4.46. The third kappa shape index (κ3) is 4.46. The Balaban J connectivity index is 2.09. The van der Waals surface area contributed by atoms with E-state index < -0.39 is 0 Å². The molecule has 2 aromatic rings. The third-order valence-corrected chi connectivity index (χ3v) is 3.45. The van der Waals surface area contributed by atoms with Crippen molar-refractivity contribution in [1.29, 1.82) is 0 Å². The van der Waals surface area contributed by atoms with Gasteiger partial charge in [-0.2, -0.15) is 0 Å². The molecule has 0 aliphatic heterocycles. The van der Waals surface area contributed by atoms with Crippen molar-refractivity contribution in [2.75, 3.05) is 7.11 Å². The number of aromatic nitrogens is 1. The van der Waals surface area contributed by atoms with Gasteiger partial charge in [-0.25, -0.2) is 4.98 Å². The molecule has 0 bridgehead atoms. The second-order valence-corrected chi connectivity index (χ2v) is 5.25. The summed E-state index contributed by atoms with van der Waals surface area (Å²) in [6, 6.07) is 9.22. The lowest BCUT2D eigenvalue weighted by Gasteiger charge is -2.13. The number of hydrogen-bond donors (Lipinski definition) is 0. The maximum absolute atomic E-state index is 6.24. The van der Waals surface area contributed by atoms with E-state index >= 15 is 0 Å². The van der Waals surface area contributed by atoms with Crippen LogP contribution in [0.25, 0.3) is 0 Å². The number of hydrogen-bond acceptors (Lipinski definition) is 4. The predicted octanol–water partition coefficient (Wildman–Crippen LogP) is 4.67. The Morgan fingerprint density at radius 3 is 2.73 bits per heavy atom. The van der Waals surface area contributed by atoms with Crippen LogP contribution in [0.5, 0.6) is 11.6 Å². The molecule has 1 aromatic carbocycles. The van der Waals surface area contributed by atoms with Crippen molar-refractivity contribution < 1.29 is 9.47 Å². The summed E-state index contributed by atoms with van der Waals surface area (Å²) in [7, 11) is 1.58.